The molecule has 4 aromatic rings. The van der Waals surface area contributed by atoms with E-state index in [4.69, 9.17) is 14.2 Å². The van der Waals surface area contributed by atoms with E-state index < -0.39 is 11.6 Å². The maximum Gasteiger partial charge on any atom is 0.253 e. The first-order valence-corrected chi connectivity index (χ1v) is 13.2. The number of nitrogens with zero attached hydrogens (tertiary/aromatic N) is 5. The summed E-state index contributed by atoms with van der Waals surface area (Å²) < 4.78 is 18.7. The van der Waals surface area contributed by atoms with Crippen LogP contribution in [0.4, 0.5) is 0 Å². The Kier molecular flexibility index (Phi) is 7.67. The van der Waals surface area contributed by atoms with Crippen molar-refractivity contribution in [2.24, 2.45) is 0 Å². The molecule has 0 unspecified atom stereocenters. The number of aromatic nitrogens is 5. The van der Waals surface area contributed by atoms with Crippen LogP contribution in [0.2, 0.25) is 0 Å². The predicted octanol–water partition coefficient (Wildman–Crippen LogP) is 4.06. The largest absolute Gasteiger partial charge is 0.497 e. The summed E-state index contributed by atoms with van der Waals surface area (Å²) in [4.78, 5) is 19.1. The van der Waals surface area contributed by atoms with Crippen LogP contribution in [0, 0.1) is 0 Å². The average Bonchev–Trinajstić information content (AvgIpc) is 3.62. The molecule has 0 amide bonds. The lowest BCUT2D eigenvalue weighted by Gasteiger charge is -2.34. The summed E-state index contributed by atoms with van der Waals surface area (Å²) in [7, 11) is 3.29. The second-order valence-corrected chi connectivity index (χ2v) is 10.9. The van der Waals surface area contributed by atoms with Crippen molar-refractivity contribution >= 4 is 10.9 Å². The van der Waals surface area contributed by atoms with Crippen LogP contribution in [0.3, 0.4) is 0 Å². The normalized spacial score (nSPS) is 16.6. The number of ether oxygens (including phenoxy) is 3. The fourth-order valence-corrected chi connectivity index (χ4v) is 5.15. The van der Waals surface area contributed by atoms with E-state index in [1.54, 1.807) is 14.2 Å². The van der Waals surface area contributed by atoms with Gasteiger partial charge in [-0.3, -0.25) is 9.69 Å². The molecule has 1 saturated heterocycles. The minimum absolute atomic E-state index is 0.0457. The highest BCUT2D eigenvalue weighted by Gasteiger charge is 2.35. The van der Waals surface area contributed by atoms with Gasteiger partial charge in [-0.1, -0.05) is 12.1 Å². The number of H-pyrrole nitrogens is 1. The highest BCUT2D eigenvalue weighted by molar-refractivity contribution is 5.80. The molecule has 3 heterocycles. The van der Waals surface area contributed by atoms with Crippen molar-refractivity contribution in [3.05, 3.63) is 75.8 Å². The average molecular weight is 533 g/mol. The van der Waals surface area contributed by atoms with E-state index >= 15 is 0 Å². The van der Waals surface area contributed by atoms with Gasteiger partial charge in [-0.2, -0.15) is 0 Å². The molecule has 0 radical (unpaired) electrons. The first-order chi connectivity index (χ1) is 18.8. The molecule has 0 bridgehead atoms. The number of methoxy groups -OCH3 is 2. The van der Waals surface area contributed by atoms with Crippen LogP contribution in [-0.4, -0.2) is 63.6 Å². The Balaban J connectivity index is 1.68. The van der Waals surface area contributed by atoms with Crippen LogP contribution < -0.4 is 15.0 Å². The molecular weight excluding hydrogens is 496 g/mol. The zero-order chi connectivity index (χ0) is 27.6. The minimum atomic E-state index is -0.537. The van der Waals surface area contributed by atoms with Crippen LogP contribution in [0.15, 0.2) is 53.3 Å². The monoisotopic (exact) mass is 532 g/mol. The lowest BCUT2D eigenvalue weighted by molar-refractivity contribution is 0.0564. The van der Waals surface area contributed by atoms with Gasteiger partial charge in [0, 0.05) is 36.2 Å². The van der Waals surface area contributed by atoms with Gasteiger partial charge in [-0.15, -0.1) is 5.10 Å². The zero-order valence-electron chi connectivity index (χ0n) is 23.2. The van der Waals surface area contributed by atoms with E-state index in [0.29, 0.717) is 30.2 Å². The quantitative estimate of drug-likeness (QED) is 0.344. The lowest BCUT2D eigenvalue weighted by Crippen LogP contribution is -2.40. The summed E-state index contributed by atoms with van der Waals surface area (Å²) in [5, 5.41) is 13.8. The van der Waals surface area contributed by atoms with E-state index in [-0.39, 0.29) is 11.7 Å². The van der Waals surface area contributed by atoms with Gasteiger partial charge in [-0.25, -0.2) is 4.68 Å². The van der Waals surface area contributed by atoms with E-state index in [9.17, 15) is 4.79 Å². The molecular formula is C29H36N6O4. The van der Waals surface area contributed by atoms with E-state index in [1.165, 1.54) is 0 Å². The first-order valence-electron chi connectivity index (χ1n) is 13.2. The van der Waals surface area contributed by atoms with Crippen LogP contribution in [0.5, 0.6) is 11.5 Å². The summed E-state index contributed by atoms with van der Waals surface area (Å²) in [5.41, 5.74) is 1.78. The van der Waals surface area contributed by atoms with Crippen molar-refractivity contribution in [2.45, 2.75) is 57.8 Å². The van der Waals surface area contributed by atoms with Crippen LogP contribution in [0.25, 0.3) is 10.9 Å². The van der Waals surface area contributed by atoms with Gasteiger partial charge >= 0.3 is 0 Å². The van der Waals surface area contributed by atoms with Gasteiger partial charge in [0.25, 0.3) is 5.56 Å². The summed E-state index contributed by atoms with van der Waals surface area (Å²) >= 11 is 0. The molecule has 2 aromatic carbocycles. The summed E-state index contributed by atoms with van der Waals surface area (Å²) in [6.07, 6.45) is 2.02. The fourth-order valence-electron chi connectivity index (χ4n) is 5.15. The minimum Gasteiger partial charge on any atom is -0.497 e. The highest BCUT2D eigenvalue weighted by atomic mass is 16.5. The second-order valence-electron chi connectivity index (χ2n) is 10.9. The number of hydrogen-bond acceptors (Lipinski definition) is 8. The number of tetrazole rings is 1. The van der Waals surface area contributed by atoms with Crippen molar-refractivity contribution < 1.29 is 14.2 Å². The maximum atomic E-state index is 13.7. The number of nitrogens with one attached hydrogen (secondary N) is 1. The molecule has 10 nitrogen and oxygen atoms in total. The Morgan fingerprint density at radius 1 is 1.10 bits per heavy atom. The maximum absolute atomic E-state index is 13.7. The third-order valence-electron chi connectivity index (χ3n) is 7.12. The van der Waals surface area contributed by atoms with Gasteiger partial charge in [-0.05, 0) is 86.0 Å². The number of rotatable bonds is 9. The number of fused-ring (bicyclic) bond motifs is 1. The van der Waals surface area contributed by atoms with E-state index in [2.05, 4.69) is 25.4 Å². The highest BCUT2D eigenvalue weighted by Crippen LogP contribution is 2.32. The Morgan fingerprint density at radius 2 is 1.85 bits per heavy atom. The fraction of sp³-hybridized carbons (Fsp3) is 0.448. The molecule has 206 valence electrons. The van der Waals surface area contributed by atoms with Crippen LogP contribution >= 0.6 is 0 Å². The molecule has 39 heavy (non-hydrogen) atoms. The van der Waals surface area contributed by atoms with Crippen molar-refractivity contribution in [3.8, 4) is 11.5 Å². The third kappa shape index (κ3) is 5.81. The SMILES string of the molecule is COc1ccc(CN(C[C@H]2CCCO2)[C@@H](c2cc3cc(OC)ccc3[nH]c2=O)c2nnnn2C(C)(C)C)cc1. The Hall–Kier alpha value is -3.76. The second kappa shape index (κ2) is 11.2. The predicted molar refractivity (Wildman–Crippen MR) is 148 cm³/mol. The number of hydrogen-bond donors (Lipinski definition) is 1. The van der Waals surface area contributed by atoms with E-state index in [1.807, 2.05) is 74.0 Å². The van der Waals surface area contributed by atoms with Gasteiger partial charge in [0.05, 0.1) is 25.9 Å². The lowest BCUT2D eigenvalue weighted by atomic mass is 10.00. The molecule has 0 spiro atoms. The molecule has 1 fully saturated rings. The molecule has 2 aromatic heterocycles. The Bertz CT molecular complexity index is 1470. The standard InChI is InChI=1S/C29H36N6O4/c1-29(2,3)35-27(31-32-33-35)26(24-16-20-15-22(38-5)12-13-25(20)30-28(24)36)34(18-23-7-6-14-39-23)17-19-8-10-21(37-4)11-9-19/h8-13,15-16,23,26H,6-7,14,17-18H2,1-5H3,(H,30,36)/t23-,26+/m1/s1. The van der Waals surface area contributed by atoms with Gasteiger partial charge in [0.1, 0.15) is 17.5 Å². The smallest absolute Gasteiger partial charge is 0.253 e. The van der Waals surface area contributed by atoms with Crippen molar-refractivity contribution in [1.82, 2.24) is 30.1 Å². The molecule has 1 aliphatic rings. The first kappa shape index (κ1) is 26.8. The zero-order valence-corrected chi connectivity index (χ0v) is 23.2. The topological polar surface area (TPSA) is 107 Å². The molecule has 0 aliphatic carbocycles. The Morgan fingerprint density at radius 3 is 2.51 bits per heavy atom. The number of benzene rings is 2. The van der Waals surface area contributed by atoms with Gasteiger partial charge in [0.15, 0.2) is 5.82 Å². The van der Waals surface area contributed by atoms with Gasteiger partial charge in [0.2, 0.25) is 0 Å². The third-order valence-corrected chi connectivity index (χ3v) is 7.12. The molecule has 1 aliphatic heterocycles. The van der Waals surface area contributed by atoms with Crippen LogP contribution in [-0.2, 0) is 16.8 Å². The molecule has 5 rings (SSSR count). The molecule has 0 saturated carbocycles. The molecule has 1 N–H and O–H groups in total. The summed E-state index contributed by atoms with van der Waals surface area (Å²) in [5.74, 6) is 2.10. The van der Waals surface area contributed by atoms with Crippen molar-refractivity contribution in [3.63, 3.8) is 0 Å². The Labute approximate surface area is 227 Å². The van der Waals surface area contributed by atoms with E-state index in [0.717, 1.165) is 41.7 Å². The number of aromatic amines is 1. The molecule has 2 atom stereocenters. The van der Waals surface area contributed by atoms with Crippen molar-refractivity contribution in [1.29, 1.82) is 0 Å². The van der Waals surface area contributed by atoms with Crippen molar-refractivity contribution in [2.75, 3.05) is 27.4 Å². The summed E-state index contributed by atoms with van der Waals surface area (Å²) in [6, 6.07) is 15.0. The van der Waals surface area contributed by atoms with Gasteiger partial charge < -0.3 is 19.2 Å². The van der Waals surface area contributed by atoms with Crippen LogP contribution in [0.1, 0.15) is 56.6 Å². The molecule has 10 heteroatoms. The number of pyridine rings is 1. The summed E-state index contributed by atoms with van der Waals surface area (Å²) in [6.45, 7) is 8.06.